The van der Waals surface area contributed by atoms with Crippen molar-refractivity contribution in [2.75, 3.05) is 7.11 Å². The van der Waals surface area contributed by atoms with E-state index in [0.29, 0.717) is 22.8 Å². The number of carbonyl (C=O) groups is 1. The van der Waals surface area contributed by atoms with E-state index in [1.165, 1.54) is 4.80 Å². The fourth-order valence-corrected chi connectivity index (χ4v) is 2.69. The molecular formula is C20H17N5O4. The SMILES string of the molecule is COc1ccccc1-c1noc(COC(=O)c2nn(-c3ccccc3)nc2C)n1. The van der Waals surface area contributed by atoms with Crippen LogP contribution in [-0.4, -0.2) is 38.2 Å². The van der Waals surface area contributed by atoms with E-state index in [-0.39, 0.29) is 18.2 Å². The van der Waals surface area contributed by atoms with E-state index in [2.05, 4.69) is 20.3 Å². The summed E-state index contributed by atoms with van der Waals surface area (Å²) in [4.78, 5) is 18.1. The minimum atomic E-state index is -0.623. The Morgan fingerprint density at radius 2 is 1.83 bits per heavy atom. The largest absolute Gasteiger partial charge is 0.496 e. The number of esters is 1. The van der Waals surface area contributed by atoms with Crippen LogP contribution in [0.1, 0.15) is 22.1 Å². The molecule has 0 unspecified atom stereocenters. The molecule has 0 radical (unpaired) electrons. The minimum absolute atomic E-state index is 0.123. The zero-order valence-corrected chi connectivity index (χ0v) is 15.8. The number of para-hydroxylation sites is 2. The highest BCUT2D eigenvalue weighted by molar-refractivity contribution is 5.88. The van der Waals surface area contributed by atoms with Crippen molar-refractivity contribution < 1.29 is 18.8 Å². The average molecular weight is 391 g/mol. The van der Waals surface area contributed by atoms with E-state index in [1.54, 1.807) is 20.1 Å². The maximum absolute atomic E-state index is 12.4. The van der Waals surface area contributed by atoms with Gasteiger partial charge in [-0.15, -0.1) is 5.10 Å². The molecule has 0 aliphatic rings. The molecular weight excluding hydrogens is 374 g/mol. The third-order valence-corrected chi connectivity index (χ3v) is 4.11. The van der Waals surface area contributed by atoms with Crippen LogP contribution >= 0.6 is 0 Å². The van der Waals surface area contributed by atoms with E-state index in [9.17, 15) is 4.79 Å². The highest BCUT2D eigenvalue weighted by Crippen LogP contribution is 2.27. The first-order valence-electron chi connectivity index (χ1n) is 8.78. The summed E-state index contributed by atoms with van der Waals surface area (Å²) in [6, 6.07) is 16.6. The van der Waals surface area contributed by atoms with Gasteiger partial charge in [-0.1, -0.05) is 35.5 Å². The van der Waals surface area contributed by atoms with Crippen molar-refractivity contribution in [2.24, 2.45) is 0 Å². The monoisotopic (exact) mass is 391 g/mol. The number of hydrogen-bond acceptors (Lipinski definition) is 8. The zero-order chi connectivity index (χ0) is 20.2. The van der Waals surface area contributed by atoms with Crippen LogP contribution in [-0.2, 0) is 11.3 Å². The first-order chi connectivity index (χ1) is 14.2. The lowest BCUT2D eigenvalue weighted by atomic mass is 10.2. The van der Waals surface area contributed by atoms with Crippen LogP contribution in [0.15, 0.2) is 59.1 Å². The Morgan fingerprint density at radius 1 is 1.07 bits per heavy atom. The van der Waals surface area contributed by atoms with E-state index in [1.807, 2.05) is 48.5 Å². The molecule has 146 valence electrons. The summed E-state index contributed by atoms with van der Waals surface area (Å²) in [7, 11) is 1.56. The number of aryl methyl sites for hydroxylation is 1. The Bertz CT molecular complexity index is 1140. The molecule has 0 saturated carbocycles. The van der Waals surface area contributed by atoms with Crippen molar-refractivity contribution >= 4 is 5.97 Å². The number of rotatable bonds is 6. The van der Waals surface area contributed by atoms with E-state index in [4.69, 9.17) is 14.0 Å². The maximum Gasteiger partial charge on any atom is 0.361 e. The summed E-state index contributed by atoms with van der Waals surface area (Å²) < 4.78 is 15.7. The molecule has 9 heteroatoms. The molecule has 2 aromatic heterocycles. The van der Waals surface area contributed by atoms with Crippen LogP contribution < -0.4 is 4.74 Å². The Kier molecular flexibility index (Phi) is 5.02. The quantitative estimate of drug-likeness (QED) is 0.462. The molecule has 2 heterocycles. The number of benzene rings is 2. The van der Waals surface area contributed by atoms with Crippen molar-refractivity contribution in [3.05, 3.63) is 71.9 Å². The van der Waals surface area contributed by atoms with Gasteiger partial charge in [-0.25, -0.2) is 4.79 Å². The van der Waals surface area contributed by atoms with Gasteiger partial charge in [-0.2, -0.15) is 14.9 Å². The predicted octanol–water partition coefficient (Wildman–Crippen LogP) is 2.99. The summed E-state index contributed by atoms with van der Waals surface area (Å²) in [5.74, 6) is 0.499. The highest BCUT2D eigenvalue weighted by Gasteiger charge is 2.20. The summed E-state index contributed by atoms with van der Waals surface area (Å²) >= 11 is 0. The summed E-state index contributed by atoms with van der Waals surface area (Å²) in [5.41, 5.74) is 2.00. The van der Waals surface area contributed by atoms with Crippen LogP contribution in [0.25, 0.3) is 17.1 Å². The Balaban J connectivity index is 1.46. The molecule has 0 bridgehead atoms. The van der Waals surface area contributed by atoms with Gasteiger partial charge in [0, 0.05) is 0 Å². The molecule has 0 amide bonds. The normalized spacial score (nSPS) is 10.7. The van der Waals surface area contributed by atoms with Crippen LogP contribution in [0.2, 0.25) is 0 Å². The molecule has 0 saturated heterocycles. The smallest absolute Gasteiger partial charge is 0.361 e. The number of nitrogens with zero attached hydrogens (tertiary/aromatic N) is 5. The Hall–Kier alpha value is -4.01. The molecule has 0 aliphatic heterocycles. The van der Waals surface area contributed by atoms with E-state index >= 15 is 0 Å². The van der Waals surface area contributed by atoms with Gasteiger partial charge in [0.1, 0.15) is 5.75 Å². The van der Waals surface area contributed by atoms with Crippen molar-refractivity contribution in [1.82, 2.24) is 25.1 Å². The second-order valence-corrected chi connectivity index (χ2v) is 6.05. The van der Waals surface area contributed by atoms with Crippen LogP contribution in [0.3, 0.4) is 0 Å². The Morgan fingerprint density at radius 3 is 2.62 bits per heavy atom. The number of hydrogen-bond donors (Lipinski definition) is 0. The number of methoxy groups -OCH3 is 1. The molecule has 0 spiro atoms. The fourth-order valence-electron chi connectivity index (χ4n) is 2.69. The van der Waals surface area contributed by atoms with Gasteiger partial charge in [-0.05, 0) is 31.2 Å². The first kappa shape index (κ1) is 18.4. The van der Waals surface area contributed by atoms with Gasteiger partial charge < -0.3 is 14.0 Å². The van der Waals surface area contributed by atoms with Gasteiger partial charge in [-0.3, -0.25) is 0 Å². The van der Waals surface area contributed by atoms with Gasteiger partial charge in [0.25, 0.3) is 5.89 Å². The Labute approximate surface area is 165 Å². The average Bonchev–Trinajstić information content (AvgIpc) is 3.39. The second-order valence-electron chi connectivity index (χ2n) is 6.05. The molecule has 4 aromatic rings. The maximum atomic E-state index is 12.4. The lowest BCUT2D eigenvalue weighted by Gasteiger charge is -2.03. The summed E-state index contributed by atoms with van der Waals surface area (Å²) in [6.07, 6.45) is 0. The molecule has 2 aromatic carbocycles. The lowest BCUT2D eigenvalue weighted by Crippen LogP contribution is -2.08. The van der Waals surface area contributed by atoms with Crippen molar-refractivity contribution in [1.29, 1.82) is 0 Å². The van der Waals surface area contributed by atoms with Crippen molar-refractivity contribution in [3.63, 3.8) is 0 Å². The number of aromatic nitrogens is 5. The van der Waals surface area contributed by atoms with Crippen molar-refractivity contribution in [3.8, 4) is 22.8 Å². The predicted molar refractivity (Wildman–Crippen MR) is 102 cm³/mol. The van der Waals surface area contributed by atoms with Gasteiger partial charge in [0.05, 0.1) is 24.1 Å². The van der Waals surface area contributed by atoms with Crippen LogP contribution in [0, 0.1) is 6.92 Å². The van der Waals surface area contributed by atoms with E-state index in [0.717, 1.165) is 5.69 Å². The molecule has 9 nitrogen and oxygen atoms in total. The molecule has 0 fully saturated rings. The summed E-state index contributed by atoms with van der Waals surface area (Å²) in [5, 5.41) is 12.4. The van der Waals surface area contributed by atoms with Gasteiger partial charge >= 0.3 is 5.97 Å². The third-order valence-electron chi connectivity index (χ3n) is 4.11. The lowest BCUT2D eigenvalue weighted by molar-refractivity contribution is 0.0421. The van der Waals surface area contributed by atoms with E-state index < -0.39 is 5.97 Å². The minimum Gasteiger partial charge on any atom is -0.496 e. The molecule has 0 aliphatic carbocycles. The van der Waals surface area contributed by atoms with Crippen LogP contribution in [0.4, 0.5) is 0 Å². The van der Waals surface area contributed by atoms with Crippen LogP contribution in [0.5, 0.6) is 5.75 Å². The number of ether oxygens (including phenoxy) is 2. The highest BCUT2D eigenvalue weighted by atomic mass is 16.6. The summed E-state index contributed by atoms with van der Waals surface area (Å²) in [6.45, 7) is 1.51. The second kappa shape index (κ2) is 7.93. The van der Waals surface area contributed by atoms with Crippen molar-refractivity contribution in [2.45, 2.75) is 13.5 Å². The standard InChI is InChI=1S/C20H17N5O4/c1-13-18(23-25(22-13)14-8-4-3-5-9-14)20(26)28-12-17-21-19(24-29-17)15-10-6-7-11-16(15)27-2/h3-11H,12H2,1-2H3. The van der Waals surface area contributed by atoms with Gasteiger partial charge in [0.2, 0.25) is 5.82 Å². The molecule has 29 heavy (non-hydrogen) atoms. The molecule has 0 N–H and O–H groups in total. The molecule has 0 atom stereocenters. The molecule has 4 rings (SSSR count). The fraction of sp³-hybridized carbons (Fsp3) is 0.150. The third kappa shape index (κ3) is 3.84. The number of carbonyl (C=O) groups excluding carboxylic acids is 1. The first-order valence-corrected chi connectivity index (χ1v) is 8.78. The van der Waals surface area contributed by atoms with Gasteiger partial charge in [0.15, 0.2) is 12.3 Å². The zero-order valence-electron chi connectivity index (χ0n) is 15.8. The topological polar surface area (TPSA) is 105 Å².